The highest BCUT2D eigenvalue weighted by molar-refractivity contribution is 6.29. The van der Waals surface area contributed by atoms with Gasteiger partial charge in [-0.15, -0.1) is 0 Å². The second kappa shape index (κ2) is 4.10. The highest BCUT2D eigenvalue weighted by atomic mass is 35.5. The molecule has 2 N–H and O–H groups in total. The molecule has 1 aliphatic carbocycles. The van der Waals surface area contributed by atoms with E-state index in [4.69, 9.17) is 22.1 Å². The van der Waals surface area contributed by atoms with Gasteiger partial charge in [-0.05, 0) is 19.3 Å². The van der Waals surface area contributed by atoms with Crippen LogP contribution in [0.2, 0.25) is 0 Å². The second-order valence-corrected chi connectivity index (χ2v) is 3.56. The van der Waals surface area contributed by atoms with Crippen molar-refractivity contribution in [1.82, 2.24) is 0 Å². The molecular weight excluding hydrogens is 162 g/mol. The van der Waals surface area contributed by atoms with Crippen LogP contribution in [0.25, 0.3) is 0 Å². The quantitative estimate of drug-likeness (QED) is 0.708. The smallest absolute Gasteiger partial charge is 0.0820 e. The zero-order valence-corrected chi connectivity index (χ0v) is 7.31. The minimum Gasteiger partial charge on any atom is -0.373 e. The Morgan fingerprint density at radius 2 is 2.36 bits per heavy atom. The Kier molecular flexibility index (Phi) is 3.37. The van der Waals surface area contributed by atoms with E-state index < -0.39 is 0 Å². The van der Waals surface area contributed by atoms with Gasteiger partial charge >= 0.3 is 0 Å². The lowest BCUT2D eigenvalue weighted by atomic mass is 10.3. The van der Waals surface area contributed by atoms with E-state index in [0.29, 0.717) is 23.8 Å². The molecular formula is C8H14ClNO. The molecule has 0 aromatic carbocycles. The molecule has 0 aromatic heterocycles. The van der Waals surface area contributed by atoms with Gasteiger partial charge in [-0.3, -0.25) is 0 Å². The van der Waals surface area contributed by atoms with Crippen molar-refractivity contribution in [3.8, 4) is 0 Å². The average Bonchev–Trinajstić information content (AvgIpc) is 2.31. The van der Waals surface area contributed by atoms with Crippen LogP contribution in [0.3, 0.4) is 0 Å². The summed E-state index contributed by atoms with van der Waals surface area (Å²) in [5.74, 6) is 0. The lowest BCUT2D eigenvalue weighted by molar-refractivity contribution is 0.0774. The van der Waals surface area contributed by atoms with Crippen LogP contribution in [0.4, 0.5) is 0 Å². The minimum atomic E-state index is 0.306. The third kappa shape index (κ3) is 3.23. The number of halogens is 1. The van der Waals surface area contributed by atoms with Crippen molar-refractivity contribution in [2.75, 3.05) is 6.61 Å². The molecule has 2 nitrogen and oxygen atoms in total. The zero-order chi connectivity index (χ0) is 8.27. The summed E-state index contributed by atoms with van der Waals surface area (Å²) >= 11 is 5.54. The largest absolute Gasteiger partial charge is 0.373 e. The molecule has 0 bridgehead atoms. The van der Waals surface area contributed by atoms with Gasteiger partial charge in [-0.1, -0.05) is 18.2 Å². The number of rotatable bonds is 3. The van der Waals surface area contributed by atoms with E-state index in [2.05, 4.69) is 6.58 Å². The molecule has 1 aliphatic rings. The van der Waals surface area contributed by atoms with Gasteiger partial charge in [-0.2, -0.15) is 0 Å². The van der Waals surface area contributed by atoms with Crippen LogP contribution < -0.4 is 5.73 Å². The van der Waals surface area contributed by atoms with Gasteiger partial charge in [0, 0.05) is 11.1 Å². The summed E-state index contributed by atoms with van der Waals surface area (Å²) < 4.78 is 5.42. The lowest BCUT2D eigenvalue weighted by Gasteiger charge is -2.09. The predicted molar refractivity (Wildman–Crippen MR) is 46.6 cm³/mol. The van der Waals surface area contributed by atoms with Gasteiger partial charge in [0.2, 0.25) is 0 Å². The highest BCUT2D eigenvalue weighted by Gasteiger charge is 2.21. The Balaban J connectivity index is 2.13. The van der Waals surface area contributed by atoms with Gasteiger partial charge in [0.25, 0.3) is 0 Å². The van der Waals surface area contributed by atoms with Crippen molar-refractivity contribution in [2.24, 2.45) is 5.73 Å². The first kappa shape index (κ1) is 9.04. The average molecular weight is 176 g/mol. The third-order valence-electron chi connectivity index (χ3n) is 1.90. The Bertz CT molecular complexity index is 149. The lowest BCUT2D eigenvalue weighted by Crippen LogP contribution is -2.17. The summed E-state index contributed by atoms with van der Waals surface area (Å²) in [5.41, 5.74) is 5.70. The van der Waals surface area contributed by atoms with Crippen LogP contribution in [-0.4, -0.2) is 18.8 Å². The summed E-state index contributed by atoms with van der Waals surface area (Å²) in [6, 6.07) is 0.323. The standard InChI is InChI=1S/C8H14ClNO/c1-6(9)5-11-8-3-2-7(10)4-8/h7-8H,1-5,10H2. The van der Waals surface area contributed by atoms with E-state index in [9.17, 15) is 0 Å². The minimum absolute atomic E-state index is 0.306. The van der Waals surface area contributed by atoms with E-state index >= 15 is 0 Å². The van der Waals surface area contributed by atoms with Gasteiger partial charge in [-0.25, -0.2) is 0 Å². The molecule has 0 amide bonds. The van der Waals surface area contributed by atoms with Crippen LogP contribution in [0, 0.1) is 0 Å². The SMILES string of the molecule is C=C(Cl)COC1CCC(N)C1. The molecule has 2 atom stereocenters. The summed E-state index contributed by atoms with van der Waals surface area (Å²) in [4.78, 5) is 0. The van der Waals surface area contributed by atoms with Crippen LogP contribution in [0.1, 0.15) is 19.3 Å². The summed E-state index contributed by atoms with van der Waals surface area (Å²) in [7, 11) is 0. The Morgan fingerprint density at radius 3 is 2.82 bits per heavy atom. The Morgan fingerprint density at radius 1 is 1.64 bits per heavy atom. The monoisotopic (exact) mass is 175 g/mol. The normalized spacial score (nSPS) is 30.7. The summed E-state index contributed by atoms with van der Waals surface area (Å²) in [6.07, 6.45) is 3.40. The molecule has 3 heteroatoms. The van der Waals surface area contributed by atoms with E-state index in [1.54, 1.807) is 0 Å². The van der Waals surface area contributed by atoms with Crippen molar-refractivity contribution >= 4 is 11.6 Å². The maximum atomic E-state index is 5.70. The van der Waals surface area contributed by atoms with Gasteiger partial charge in [0.1, 0.15) is 0 Å². The number of nitrogens with two attached hydrogens (primary N) is 1. The molecule has 0 heterocycles. The molecule has 11 heavy (non-hydrogen) atoms. The van der Waals surface area contributed by atoms with Crippen LogP contribution in [-0.2, 0) is 4.74 Å². The van der Waals surface area contributed by atoms with E-state index in [1.165, 1.54) is 0 Å². The molecule has 2 unspecified atom stereocenters. The summed E-state index contributed by atoms with van der Waals surface area (Å²) in [6.45, 7) is 4.00. The van der Waals surface area contributed by atoms with E-state index in [1.807, 2.05) is 0 Å². The van der Waals surface area contributed by atoms with Crippen LogP contribution in [0.15, 0.2) is 11.6 Å². The molecule has 0 radical (unpaired) electrons. The van der Waals surface area contributed by atoms with Gasteiger partial charge < -0.3 is 10.5 Å². The van der Waals surface area contributed by atoms with E-state index in [-0.39, 0.29) is 0 Å². The molecule has 1 fully saturated rings. The van der Waals surface area contributed by atoms with Crippen molar-refractivity contribution in [3.63, 3.8) is 0 Å². The number of ether oxygens (including phenoxy) is 1. The molecule has 0 aromatic rings. The van der Waals surface area contributed by atoms with Crippen molar-refractivity contribution < 1.29 is 4.74 Å². The third-order valence-corrected chi connectivity index (χ3v) is 2.01. The van der Waals surface area contributed by atoms with Crippen molar-refractivity contribution in [3.05, 3.63) is 11.6 Å². The fourth-order valence-electron chi connectivity index (χ4n) is 1.33. The molecule has 64 valence electrons. The maximum absolute atomic E-state index is 5.70. The fourth-order valence-corrected chi connectivity index (χ4v) is 1.40. The maximum Gasteiger partial charge on any atom is 0.0820 e. The molecule has 1 rings (SSSR count). The van der Waals surface area contributed by atoms with E-state index in [0.717, 1.165) is 19.3 Å². The topological polar surface area (TPSA) is 35.2 Å². The predicted octanol–water partition coefficient (Wildman–Crippen LogP) is 1.64. The van der Waals surface area contributed by atoms with Gasteiger partial charge in [0.05, 0.1) is 12.7 Å². The molecule has 0 saturated heterocycles. The molecule has 0 spiro atoms. The molecule has 1 saturated carbocycles. The van der Waals surface area contributed by atoms with Gasteiger partial charge in [0.15, 0.2) is 0 Å². The first-order valence-corrected chi connectivity index (χ1v) is 4.26. The van der Waals surface area contributed by atoms with Crippen LogP contribution in [0.5, 0.6) is 0 Å². The first-order chi connectivity index (χ1) is 5.18. The van der Waals surface area contributed by atoms with Crippen LogP contribution >= 0.6 is 11.6 Å². The fraction of sp³-hybridized carbons (Fsp3) is 0.750. The molecule has 0 aliphatic heterocycles. The Labute approximate surface area is 72.4 Å². The highest BCUT2D eigenvalue weighted by Crippen LogP contribution is 2.20. The van der Waals surface area contributed by atoms with Crippen molar-refractivity contribution in [2.45, 2.75) is 31.4 Å². The Hall–Kier alpha value is -0.0500. The summed E-state index contributed by atoms with van der Waals surface area (Å²) in [5, 5.41) is 0.561. The first-order valence-electron chi connectivity index (χ1n) is 3.89. The number of hydrogen-bond acceptors (Lipinski definition) is 2. The van der Waals surface area contributed by atoms with Crippen molar-refractivity contribution in [1.29, 1.82) is 0 Å². The number of hydrogen-bond donors (Lipinski definition) is 1. The zero-order valence-electron chi connectivity index (χ0n) is 6.55. The second-order valence-electron chi connectivity index (χ2n) is 3.02.